The van der Waals surface area contributed by atoms with Gasteiger partial charge in [0.2, 0.25) is 0 Å². The third kappa shape index (κ3) is 6.74. The average molecular weight is 427 g/mol. The normalized spacial score (nSPS) is 10.1. The molecule has 1 aromatic carbocycles. The van der Waals surface area contributed by atoms with Gasteiger partial charge in [-0.1, -0.05) is 13.0 Å². The molecule has 3 aromatic rings. The van der Waals surface area contributed by atoms with Crippen LogP contribution in [0.1, 0.15) is 23.0 Å². The first kappa shape index (κ1) is 23.3. The molecule has 0 saturated heterocycles. The van der Waals surface area contributed by atoms with Crippen LogP contribution in [0.4, 0.5) is 0 Å². The van der Waals surface area contributed by atoms with Crippen molar-refractivity contribution in [3.05, 3.63) is 66.1 Å². The van der Waals surface area contributed by atoms with Crippen molar-refractivity contribution in [1.29, 1.82) is 0 Å². The third-order valence-corrected chi connectivity index (χ3v) is 4.80. The molecule has 0 aliphatic heterocycles. The molecule has 0 aliphatic carbocycles. The highest BCUT2D eigenvalue weighted by atomic mass is 35.5. The topological polar surface area (TPSA) is 58.4 Å². The highest BCUT2D eigenvalue weighted by Crippen LogP contribution is 2.23. The lowest BCUT2D eigenvalue weighted by atomic mass is 10.2. The van der Waals surface area contributed by atoms with Crippen molar-refractivity contribution in [1.82, 2.24) is 20.0 Å². The van der Waals surface area contributed by atoms with E-state index in [1.807, 2.05) is 60.0 Å². The van der Waals surface area contributed by atoms with Crippen molar-refractivity contribution < 1.29 is 4.79 Å². The molecule has 8 heteroatoms. The zero-order chi connectivity index (χ0) is 17.5. The quantitative estimate of drug-likeness (QED) is 0.424. The zero-order valence-corrected chi connectivity index (χ0v) is 17.5. The van der Waals surface area contributed by atoms with Crippen molar-refractivity contribution in [2.24, 2.45) is 0 Å². The lowest BCUT2D eigenvalue weighted by Gasteiger charge is -2.06. The Labute approximate surface area is 176 Å². The maximum Gasteiger partial charge on any atom is 0.251 e. The molecule has 5 nitrogen and oxygen atoms in total. The molecule has 1 amide bonds. The molecular formula is C19H24Cl2N4OS. The number of rotatable bonds is 8. The number of halogens is 2. The van der Waals surface area contributed by atoms with Gasteiger partial charge in [0, 0.05) is 41.7 Å². The van der Waals surface area contributed by atoms with Gasteiger partial charge < -0.3 is 15.0 Å². The molecule has 146 valence electrons. The number of carbonyl (C=O) groups is 1. The predicted octanol–water partition coefficient (Wildman–Crippen LogP) is 3.81. The number of nitrogens with one attached hydrogen (secondary N) is 2. The van der Waals surface area contributed by atoms with Gasteiger partial charge in [-0.15, -0.1) is 36.6 Å². The number of imidazole rings is 1. The molecule has 2 N–H and O–H groups in total. The van der Waals surface area contributed by atoms with Crippen LogP contribution in [-0.2, 0) is 5.75 Å². The summed E-state index contributed by atoms with van der Waals surface area (Å²) in [6.45, 7) is 4.38. The highest BCUT2D eigenvalue weighted by molar-refractivity contribution is 7.98. The minimum atomic E-state index is -0.0326. The Morgan fingerprint density at radius 2 is 1.89 bits per heavy atom. The van der Waals surface area contributed by atoms with Crippen LogP contribution in [-0.4, -0.2) is 34.9 Å². The van der Waals surface area contributed by atoms with E-state index < -0.39 is 0 Å². The number of nitrogens with zero attached hydrogens (tertiary/aromatic N) is 2. The Balaban J connectivity index is 0.00000182. The van der Waals surface area contributed by atoms with Gasteiger partial charge >= 0.3 is 0 Å². The Kier molecular flexibility index (Phi) is 10.3. The minimum Gasteiger partial charge on any atom is -0.351 e. The van der Waals surface area contributed by atoms with Crippen molar-refractivity contribution in [2.45, 2.75) is 17.6 Å². The van der Waals surface area contributed by atoms with Crippen LogP contribution in [0.3, 0.4) is 0 Å². The van der Waals surface area contributed by atoms with Gasteiger partial charge in [-0.05, 0) is 42.9 Å². The number of benzene rings is 1. The molecule has 0 bridgehead atoms. The van der Waals surface area contributed by atoms with E-state index in [2.05, 4.69) is 21.8 Å². The third-order valence-electron chi connectivity index (χ3n) is 3.75. The molecule has 0 saturated carbocycles. The molecule has 2 heterocycles. The summed E-state index contributed by atoms with van der Waals surface area (Å²) in [5, 5.41) is 6.09. The molecule has 0 fully saturated rings. The monoisotopic (exact) mass is 426 g/mol. The first-order chi connectivity index (χ1) is 12.3. The smallest absolute Gasteiger partial charge is 0.251 e. The van der Waals surface area contributed by atoms with E-state index in [-0.39, 0.29) is 30.7 Å². The van der Waals surface area contributed by atoms with Crippen LogP contribution in [0.2, 0.25) is 0 Å². The predicted molar refractivity (Wildman–Crippen MR) is 117 cm³/mol. The van der Waals surface area contributed by atoms with Crippen LogP contribution in [0.25, 0.3) is 5.65 Å². The number of amides is 1. The number of likely N-dealkylation sites (N-methyl/N-ethyl adjacent to an activating group) is 1. The van der Waals surface area contributed by atoms with E-state index in [1.54, 1.807) is 11.8 Å². The van der Waals surface area contributed by atoms with Crippen LogP contribution >= 0.6 is 36.6 Å². The van der Waals surface area contributed by atoms with Gasteiger partial charge in [0.1, 0.15) is 5.65 Å². The van der Waals surface area contributed by atoms with Gasteiger partial charge in [0.25, 0.3) is 5.91 Å². The van der Waals surface area contributed by atoms with Crippen molar-refractivity contribution >= 4 is 48.1 Å². The first-order valence-electron chi connectivity index (χ1n) is 8.40. The zero-order valence-electron chi connectivity index (χ0n) is 15.1. The number of fused-ring (bicyclic) bond motifs is 1. The average Bonchev–Trinajstić information content (AvgIpc) is 3.07. The summed E-state index contributed by atoms with van der Waals surface area (Å²) in [4.78, 5) is 17.8. The van der Waals surface area contributed by atoms with Gasteiger partial charge in [0.05, 0.1) is 5.69 Å². The second kappa shape index (κ2) is 11.9. The van der Waals surface area contributed by atoms with Crippen LogP contribution in [0, 0.1) is 0 Å². The fourth-order valence-corrected chi connectivity index (χ4v) is 3.24. The second-order valence-corrected chi connectivity index (χ2v) is 6.67. The molecule has 0 unspecified atom stereocenters. The van der Waals surface area contributed by atoms with Crippen molar-refractivity contribution in [2.75, 3.05) is 19.6 Å². The number of pyridine rings is 1. The molecular weight excluding hydrogens is 403 g/mol. The number of carbonyl (C=O) groups excluding carboxylic acids is 1. The summed E-state index contributed by atoms with van der Waals surface area (Å²) in [7, 11) is 0. The maximum atomic E-state index is 12.0. The van der Waals surface area contributed by atoms with E-state index >= 15 is 0 Å². The Morgan fingerprint density at radius 3 is 2.59 bits per heavy atom. The molecule has 3 rings (SSSR count). The van der Waals surface area contributed by atoms with E-state index in [9.17, 15) is 4.79 Å². The van der Waals surface area contributed by atoms with Crippen LogP contribution in [0.15, 0.2) is 59.8 Å². The molecule has 2 aromatic heterocycles. The number of hydrogen-bond acceptors (Lipinski definition) is 4. The largest absolute Gasteiger partial charge is 0.351 e. The van der Waals surface area contributed by atoms with Gasteiger partial charge in [-0.25, -0.2) is 4.98 Å². The summed E-state index contributed by atoms with van der Waals surface area (Å²) in [6.07, 6.45) is 4.05. The lowest BCUT2D eigenvalue weighted by molar-refractivity contribution is 0.0954. The number of aromatic nitrogens is 2. The highest BCUT2D eigenvalue weighted by Gasteiger charge is 2.06. The maximum absolute atomic E-state index is 12.0. The SMILES string of the molecule is CCNCCNC(=O)c1ccc(SCc2cn3ccccc3n2)cc1.Cl.Cl. The fourth-order valence-electron chi connectivity index (χ4n) is 2.46. The molecule has 0 radical (unpaired) electrons. The van der Waals surface area contributed by atoms with Crippen LogP contribution in [0.5, 0.6) is 0 Å². The fraction of sp³-hybridized carbons (Fsp3) is 0.263. The number of hydrogen-bond donors (Lipinski definition) is 2. The minimum absolute atomic E-state index is 0. The molecule has 0 spiro atoms. The summed E-state index contributed by atoms with van der Waals surface area (Å²) in [5.41, 5.74) is 2.69. The van der Waals surface area contributed by atoms with E-state index in [1.165, 1.54) is 0 Å². The summed E-state index contributed by atoms with van der Waals surface area (Å²) < 4.78 is 2.02. The van der Waals surface area contributed by atoms with Gasteiger partial charge in [0.15, 0.2) is 0 Å². The van der Waals surface area contributed by atoms with Crippen LogP contribution < -0.4 is 10.6 Å². The van der Waals surface area contributed by atoms with Crippen molar-refractivity contribution in [3.8, 4) is 0 Å². The summed E-state index contributed by atoms with van der Waals surface area (Å²) in [5.74, 6) is 0.769. The van der Waals surface area contributed by atoms with Gasteiger partial charge in [-0.3, -0.25) is 4.79 Å². The van der Waals surface area contributed by atoms with Gasteiger partial charge in [-0.2, -0.15) is 0 Å². The Morgan fingerprint density at radius 1 is 1.11 bits per heavy atom. The first-order valence-corrected chi connectivity index (χ1v) is 9.39. The summed E-state index contributed by atoms with van der Waals surface area (Å²) in [6, 6.07) is 13.7. The molecule has 0 atom stereocenters. The van der Waals surface area contributed by atoms with E-state index in [0.717, 1.165) is 35.1 Å². The van der Waals surface area contributed by atoms with E-state index in [4.69, 9.17) is 0 Å². The van der Waals surface area contributed by atoms with E-state index in [0.29, 0.717) is 12.1 Å². The molecule has 27 heavy (non-hydrogen) atoms. The molecule has 0 aliphatic rings. The lowest BCUT2D eigenvalue weighted by Crippen LogP contribution is -2.31. The Bertz CT molecular complexity index is 806. The standard InChI is InChI=1S/C19H22N4OS.2ClH/c1-2-20-10-11-21-19(24)15-6-8-17(9-7-15)25-14-16-13-23-12-4-3-5-18(23)22-16;;/h3-9,12-13,20H,2,10-11,14H2,1H3,(H,21,24);2*1H. The summed E-state index contributed by atoms with van der Waals surface area (Å²) >= 11 is 1.72. The number of thioether (sulfide) groups is 1. The second-order valence-electron chi connectivity index (χ2n) is 5.62. The Hall–Kier alpha value is -1.73. The van der Waals surface area contributed by atoms with Crippen molar-refractivity contribution in [3.63, 3.8) is 0 Å².